The Balaban J connectivity index is 2.10. The van der Waals surface area contributed by atoms with Crippen LogP contribution in [-0.4, -0.2) is 28.9 Å². The summed E-state index contributed by atoms with van der Waals surface area (Å²) in [7, 11) is -1.95. The van der Waals surface area contributed by atoms with Crippen molar-refractivity contribution < 1.29 is 9.18 Å². The van der Waals surface area contributed by atoms with Crippen molar-refractivity contribution in [1.29, 1.82) is 0 Å². The molecule has 0 saturated carbocycles. The first-order valence-corrected chi connectivity index (χ1v) is 14.2. The number of fused-ring (bicyclic) bond motifs is 1. The van der Waals surface area contributed by atoms with Crippen molar-refractivity contribution in [2.75, 3.05) is 0 Å². The number of hydrogen-bond acceptors (Lipinski definition) is 3. The second-order valence-corrected chi connectivity index (χ2v) is 14.8. The quantitative estimate of drug-likeness (QED) is 0.259. The van der Waals surface area contributed by atoms with Gasteiger partial charge in [0.15, 0.2) is 11.3 Å². The maximum atomic E-state index is 15.4. The molecular weight excluding hydrogens is 429 g/mol. The lowest BCUT2D eigenvalue weighted by Crippen LogP contribution is -2.49. The summed E-state index contributed by atoms with van der Waals surface area (Å²) < 4.78 is 17.0. The van der Waals surface area contributed by atoms with Gasteiger partial charge in [0.05, 0.1) is 5.52 Å². The molecule has 0 bridgehead atoms. The van der Waals surface area contributed by atoms with E-state index in [-0.39, 0.29) is 5.78 Å². The largest absolute Gasteiger partial charge is 0.291 e. The van der Waals surface area contributed by atoms with Gasteiger partial charge in [0, 0.05) is 24.2 Å². The number of para-hydroxylation sites is 1. The molecular formula is C24H23ClFN3OSi. The standard InChI is InChI=1S/C24H23ClFN3OSi/c1-31(2,3)16-24(19-8-4-5-9-20(19)26,23(30)17-12-14-18(25)15-13-17)29-22-11-7-6-10-21(22)27-28-29/h4-15H,16H2,1-3H3. The van der Waals surface area contributed by atoms with E-state index in [4.69, 9.17) is 11.6 Å². The monoisotopic (exact) mass is 451 g/mol. The van der Waals surface area contributed by atoms with Crippen LogP contribution in [0.1, 0.15) is 15.9 Å². The molecule has 0 saturated heterocycles. The highest BCUT2D eigenvalue weighted by Crippen LogP contribution is 2.41. The van der Waals surface area contributed by atoms with E-state index < -0.39 is 19.4 Å². The first kappa shape index (κ1) is 21.4. The fraction of sp³-hybridized carbons (Fsp3) is 0.208. The summed E-state index contributed by atoms with van der Waals surface area (Å²) in [6.07, 6.45) is 0. The van der Waals surface area contributed by atoms with Crippen molar-refractivity contribution in [3.8, 4) is 0 Å². The highest BCUT2D eigenvalue weighted by atomic mass is 35.5. The number of rotatable bonds is 6. The van der Waals surface area contributed by atoms with Crippen LogP contribution in [-0.2, 0) is 5.54 Å². The molecule has 1 heterocycles. The zero-order chi connectivity index (χ0) is 22.2. The molecule has 4 aromatic rings. The molecule has 4 nitrogen and oxygen atoms in total. The van der Waals surface area contributed by atoms with Gasteiger partial charge in [-0.15, -0.1) is 5.10 Å². The topological polar surface area (TPSA) is 47.8 Å². The molecule has 158 valence electrons. The fourth-order valence-electron chi connectivity index (χ4n) is 4.14. The number of halogens is 2. The van der Waals surface area contributed by atoms with E-state index in [9.17, 15) is 4.79 Å². The Bertz CT molecular complexity index is 1250. The molecule has 31 heavy (non-hydrogen) atoms. The molecule has 0 radical (unpaired) electrons. The van der Waals surface area contributed by atoms with Crippen LogP contribution in [0.25, 0.3) is 11.0 Å². The fourth-order valence-corrected chi connectivity index (χ4v) is 6.30. The second-order valence-electron chi connectivity index (χ2n) is 8.90. The van der Waals surface area contributed by atoms with Crippen molar-refractivity contribution in [2.45, 2.75) is 31.2 Å². The van der Waals surface area contributed by atoms with E-state index in [0.717, 1.165) is 0 Å². The van der Waals surface area contributed by atoms with Crippen LogP contribution >= 0.6 is 11.6 Å². The van der Waals surface area contributed by atoms with Gasteiger partial charge in [0.25, 0.3) is 0 Å². The summed E-state index contributed by atoms with van der Waals surface area (Å²) >= 11 is 6.06. The van der Waals surface area contributed by atoms with Gasteiger partial charge in [-0.2, -0.15) is 0 Å². The van der Waals surface area contributed by atoms with Crippen molar-refractivity contribution >= 4 is 36.5 Å². The number of carbonyl (C=O) groups is 1. The Hall–Kier alpha value is -2.83. The minimum absolute atomic E-state index is 0.229. The zero-order valence-corrected chi connectivity index (χ0v) is 19.4. The van der Waals surface area contributed by atoms with E-state index in [0.29, 0.717) is 33.2 Å². The van der Waals surface area contributed by atoms with E-state index in [2.05, 4.69) is 30.0 Å². The Morgan fingerprint density at radius 3 is 2.32 bits per heavy atom. The third kappa shape index (κ3) is 3.93. The number of benzene rings is 3. The summed E-state index contributed by atoms with van der Waals surface area (Å²) in [4.78, 5) is 14.3. The predicted octanol–water partition coefficient (Wildman–Crippen LogP) is 6.19. The van der Waals surface area contributed by atoms with Crippen LogP contribution in [0.5, 0.6) is 0 Å². The Morgan fingerprint density at radius 1 is 1.00 bits per heavy atom. The zero-order valence-electron chi connectivity index (χ0n) is 17.6. The molecule has 0 fully saturated rings. The van der Waals surface area contributed by atoms with Gasteiger partial charge >= 0.3 is 0 Å². The lowest BCUT2D eigenvalue weighted by molar-refractivity contribution is 0.0854. The van der Waals surface area contributed by atoms with Gasteiger partial charge in [0.2, 0.25) is 0 Å². The third-order valence-corrected chi connectivity index (χ3v) is 7.13. The Kier molecular flexibility index (Phi) is 5.53. The highest BCUT2D eigenvalue weighted by Gasteiger charge is 2.49. The number of carbonyl (C=O) groups excluding carboxylic acids is 1. The minimum atomic E-state index is -1.95. The maximum Gasteiger partial charge on any atom is 0.194 e. The van der Waals surface area contributed by atoms with Crippen molar-refractivity contribution in [3.05, 3.63) is 94.8 Å². The van der Waals surface area contributed by atoms with Crippen LogP contribution in [0, 0.1) is 5.82 Å². The van der Waals surface area contributed by atoms with Crippen molar-refractivity contribution in [2.24, 2.45) is 0 Å². The van der Waals surface area contributed by atoms with E-state index in [1.54, 1.807) is 47.1 Å². The van der Waals surface area contributed by atoms with Gasteiger partial charge in [-0.25, -0.2) is 9.07 Å². The third-order valence-electron chi connectivity index (χ3n) is 5.30. The van der Waals surface area contributed by atoms with Crippen LogP contribution in [0.4, 0.5) is 4.39 Å². The Morgan fingerprint density at radius 2 is 1.65 bits per heavy atom. The lowest BCUT2D eigenvalue weighted by atomic mass is 9.83. The number of Topliss-reactive ketones (excluding diaryl/α,β-unsaturated/α-hetero) is 1. The van der Waals surface area contributed by atoms with Crippen LogP contribution in [0.15, 0.2) is 72.8 Å². The maximum absolute atomic E-state index is 15.4. The van der Waals surface area contributed by atoms with Crippen molar-refractivity contribution in [1.82, 2.24) is 15.0 Å². The SMILES string of the molecule is C[Si](C)(C)CC(C(=O)c1ccc(Cl)cc1)(c1ccccc1F)n1nnc2ccccc21. The summed E-state index contributed by atoms with van der Waals surface area (Å²) in [5.74, 6) is -0.671. The molecule has 0 aliphatic carbocycles. The average Bonchev–Trinajstić information content (AvgIpc) is 3.16. The number of hydrogen-bond donors (Lipinski definition) is 0. The summed E-state index contributed by atoms with van der Waals surface area (Å²) in [5.41, 5.74) is 0.715. The van der Waals surface area contributed by atoms with Crippen LogP contribution in [0.3, 0.4) is 0 Å². The first-order chi connectivity index (χ1) is 14.7. The highest BCUT2D eigenvalue weighted by molar-refractivity contribution is 6.76. The summed E-state index contributed by atoms with van der Waals surface area (Å²) in [5, 5.41) is 9.23. The molecule has 1 atom stereocenters. The first-order valence-electron chi connectivity index (χ1n) is 10.1. The molecule has 0 spiro atoms. The molecule has 0 aliphatic rings. The normalized spacial score (nSPS) is 13.8. The number of nitrogens with zero attached hydrogens (tertiary/aromatic N) is 3. The average molecular weight is 452 g/mol. The van der Waals surface area contributed by atoms with Crippen LogP contribution < -0.4 is 0 Å². The second kappa shape index (κ2) is 8.02. The predicted molar refractivity (Wildman–Crippen MR) is 125 cm³/mol. The molecule has 7 heteroatoms. The molecule has 3 aromatic carbocycles. The Labute approximate surface area is 186 Å². The van der Waals surface area contributed by atoms with E-state index in [1.807, 2.05) is 24.3 Å². The van der Waals surface area contributed by atoms with E-state index >= 15 is 4.39 Å². The minimum Gasteiger partial charge on any atom is -0.291 e. The number of ketones is 1. The molecule has 0 amide bonds. The molecule has 0 N–H and O–H groups in total. The van der Waals surface area contributed by atoms with Crippen molar-refractivity contribution in [3.63, 3.8) is 0 Å². The van der Waals surface area contributed by atoms with Gasteiger partial charge in [-0.3, -0.25) is 4.79 Å². The molecule has 1 unspecified atom stereocenters. The smallest absolute Gasteiger partial charge is 0.194 e. The summed E-state index contributed by atoms with van der Waals surface area (Å²) in [6.45, 7) is 6.49. The van der Waals surface area contributed by atoms with Gasteiger partial charge in [-0.05, 0) is 48.5 Å². The van der Waals surface area contributed by atoms with Gasteiger partial charge in [-0.1, -0.05) is 66.8 Å². The van der Waals surface area contributed by atoms with Gasteiger partial charge < -0.3 is 0 Å². The molecule has 0 aliphatic heterocycles. The molecule has 1 aromatic heterocycles. The van der Waals surface area contributed by atoms with Crippen LogP contribution in [0.2, 0.25) is 30.7 Å². The van der Waals surface area contributed by atoms with E-state index in [1.165, 1.54) is 6.07 Å². The lowest BCUT2D eigenvalue weighted by Gasteiger charge is -2.38. The number of aromatic nitrogens is 3. The molecule has 4 rings (SSSR count). The van der Waals surface area contributed by atoms with Gasteiger partial charge in [0.1, 0.15) is 11.3 Å². The summed E-state index contributed by atoms with van der Waals surface area (Å²) in [6, 6.07) is 21.1.